The van der Waals surface area contributed by atoms with Gasteiger partial charge in [0.1, 0.15) is 5.54 Å². The standard InChI is InChI=1S/C11H19NO2/c1-3-9-12-11(10(13)14-2)7-5-4-6-8-11/h3,12H,1,4-9H2,2H3. The maximum absolute atomic E-state index is 11.7. The summed E-state index contributed by atoms with van der Waals surface area (Å²) < 4.78 is 4.85. The molecule has 0 aromatic heterocycles. The Morgan fingerprint density at radius 3 is 2.64 bits per heavy atom. The van der Waals surface area contributed by atoms with E-state index in [0.717, 1.165) is 25.7 Å². The molecular weight excluding hydrogens is 178 g/mol. The van der Waals surface area contributed by atoms with Gasteiger partial charge in [-0.3, -0.25) is 10.1 Å². The molecule has 1 fully saturated rings. The molecule has 0 aromatic rings. The first-order valence-corrected chi connectivity index (χ1v) is 5.19. The number of hydrogen-bond acceptors (Lipinski definition) is 3. The van der Waals surface area contributed by atoms with Gasteiger partial charge < -0.3 is 4.74 Å². The summed E-state index contributed by atoms with van der Waals surface area (Å²) in [4.78, 5) is 11.7. The lowest BCUT2D eigenvalue weighted by Gasteiger charge is -2.35. The van der Waals surface area contributed by atoms with Crippen molar-refractivity contribution >= 4 is 5.97 Å². The Kier molecular flexibility index (Phi) is 4.14. The second-order valence-electron chi connectivity index (χ2n) is 3.80. The van der Waals surface area contributed by atoms with E-state index < -0.39 is 5.54 Å². The normalized spacial score (nSPS) is 20.1. The third-order valence-electron chi connectivity index (χ3n) is 2.87. The first-order chi connectivity index (χ1) is 6.75. The molecule has 1 saturated carbocycles. The summed E-state index contributed by atoms with van der Waals surface area (Å²) in [6.45, 7) is 4.31. The molecule has 0 spiro atoms. The van der Waals surface area contributed by atoms with Crippen LogP contribution in [0.3, 0.4) is 0 Å². The van der Waals surface area contributed by atoms with Gasteiger partial charge in [0.25, 0.3) is 0 Å². The molecule has 14 heavy (non-hydrogen) atoms. The van der Waals surface area contributed by atoms with Gasteiger partial charge in [-0.25, -0.2) is 0 Å². The predicted octanol–water partition coefficient (Wildman–Crippen LogP) is 1.64. The highest BCUT2D eigenvalue weighted by atomic mass is 16.5. The molecule has 0 radical (unpaired) electrons. The van der Waals surface area contributed by atoms with Gasteiger partial charge in [0, 0.05) is 6.54 Å². The molecule has 1 rings (SSSR count). The van der Waals surface area contributed by atoms with E-state index in [9.17, 15) is 4.79 Å². The van der Waals surface area contributed by atoms with Crippen LogP contribution < -0.4 is 5.32 Å². The highest BCUT2D eigenvalue weighted by molar-refractivity contribution is 5.80. The first-order valence-electron chi connectivity index (χ1n) is 5.19. The molecule has 1 aliphatic carbocycles. The van der Waals surface area contributed by atoms with Crippen molar-refractivity contribution in [2.75, 3.05) is 13.7 Å². The lowest BCUT2D eigenvalue weighted by molar-refractivity contribution is -0.150. The number of hydrogen-bond donors (Lipinski definition) is 1. The van der Waals surface area contributed by atoms with Crippen molar-refractivity contribution in [2.24, 2.45) is 0 Å². The van der Waals surface area contributed by atoms with Crippen LogP contribution in [0.25, 0.3) is 0 Å². The number of ether oxygens (including phenoxy) is 1. The fraction of sp³-hybridized carbons (Fsp3) is 0.727. The fourth-order valence-corrected chi connectivity index (χ4v) is 2.07. The number of nitrogens with one attached hydrogen (secondary N) is 1. The van der Waals surface area contributed by atoms with Crippen molar-refractivity contribution in [3.63, 3.8) is 0 Å². The summed E-state index contributed by atoms with van der Waals surface area (Å²) in [5, 5.41) is 3.24. The molecule has 0 aromatic carbocycles. The van der Waals surface area contributed by atoms with Crippen molar-refractivity contribution in [1.29, 1.82) is 0 Å². The largest absolute Gasteiger partial charge is 0.468 e. The number of carbonyl (C=O) groups excluding carboxylic acids is 1. The SMILES string of the molecule is C=CCNC1(C(=O)OC)CCCCC1. The minimum absolute atomic E-state index is 0.126. The zero-order chi connectivity index (χ0) is 10.4. The van der Waals surface area contributed by atoms with E-state index in [1.807, 2.05) is 0 Å². The topological polar surface area (TPSA) is 38.3 Å². The molecule has 0 aliphatic heterocycles. The van der Waals surface area contributed by atoms with Gasteiger partial charge in [0.05, 0.1) is 7.11 Å². The van der Waals surface area contributed by atoms with Crippen LogP contribution in [0.5, 0.6) is 0 Å². The Bertz CT molecular complexity index is 207. The summed E-state index contributed by atoms with van der Waals surface area (Å²) in [5.41, 5.74) is -0.443. The van der Waals surface area contributed by atoms with Crippen molar-refractivity contribution < 1.29 is 9.53 Å². The average Bonchev–Trinajstić information content (AvgIpc) is 2.26. The van der Waals surface area contributed by atoms with Crippen LogP contribution in [-0.4, -0.2) is 25.2 Å². The van der Waals surface area contributed by atoms with Crippen molar-refractivity contribution in [3.8, 4) is 0 Å². The molecule has 0 amide bonds. The minimum Gasteiger partial charge on any atom is -0.468 e. The van der Waals surface area contributed by atoms with E-state index in [1.54, 1.807) is 6.08 Å². The third-order valence-corrected chi connectivity index (χ3v) is 2.87. The maximum atomic E-state index is 11.7. The lowest BCUT2D eigenvalue weighted by atomic mass is 9.81. The molecule has 3 nitrogen and oxygen atoms in total. The van der Waals surface area contributed by atoms with Crippen LogP contribution in [0.4, 0.5) is 0 Å². The van der Waals surface area contributed by atoms with Crippen LogP contribution in [0, 0.1) is 0 Å². The van der Waals surface area contributed by atoms with Gasteiger partial charge in [-0.1, -0.05) is 25.3 Å². The number of rotatable bonds is 4. The molecular formula is C11H19NO2. The van der Waals surface area contributed by atoms with Gasteiger partial charge in [0.15, 0.2) is 0 Å². The Morgan fingerprint density at radius 2 is 2.14 bits per heavy atom. The van der Waals surface area contributed by atoms with Gasteiger partial charge in [0.2, 0.25) is 0 Å². The Labute approximate surface area is 85.5 Å². The Morgan fingerprint density at radius 1 is 1.50 bits per heavy atom. The molecule has 0 unspecified atom stereocenters. The van der Waals surface area contributed by atoms with E-state index in [1.165, 1.54) is 13.5 Å². The lowest BCUT2D eigenvalue weighted by Crippen LogP contribution is -2.53. The van der Waals surface area contributed by atoms with E-state index in [4.69, 9.17) is 4.74 Å². The fourth-order valence-electron chi connectivity index (χ4n) is 2.07. The van der Waals surface area contributed by atoms with Gasteiger partial charge in [-0.2, -0.15) is 0 Å². The summed E-state index contributed by atoms with van der Waals surface area (Å²) in [6, 6.07) is 0. The highest BCUT2D eigenvalue weighted by Gasteiger charge is 2.39. The molecule has 0 atom stereocenters. The zero-order valence-corrected chi connectivity index (χ0v) is 8.84. The zero-order valence-electron chi connectivity index (χ0n) is 8.84. The molecule has 3 heteroatoms. The van der Waals surface area contributed by atoms with Crippen molar-refractivity contribution in [1.82, 2.24) is 5.32 Å². The number of methoxy groups -OCH3 is 1. The van der Waals surface area contributed by atoms with E-state index in [2.05, 4.69) is 11.9 Å². The average molecular weight is 197 g/mol. The molecule has 1 aliphatic rings. The molecule has 0 saturated heterocycles. The Balaban J connectivity index is 2.66. The molecule has 0 heterocycles. The predicted molar refractivity (Wildman–Crippen MR) is 56.0 cm³/mol. The monoisotopic (exact) mass is 197 g/mol. The molecule has 0 bridgehead atoms. The van der Waals surface area contributed by atoms with Crippen LogP contribution in [-0.2, 0) is 9.53 Å². The number of carbonyl (C=O) groups is 1. The van der Waals surface area contributed by atoms with Gasteiger partial charge in [-0.15, -0.1) is 6.58 Å². The van der Waals surface area contributed by atoms with Crippen molar-refractivity contribution in [3.05, 3.63) is 12.7 Å². The van der Waals surface area contributed by atoms with E-state index >= 15 is 0 Å². The van der Waals surface area contributed by atoms with Crippen LogP contribution >= 0.6 is 0 Å². The van der Waals surface area contributed by atoms with Crippen LogP contribution in [0.15, 0.2) is 12.7 Å². The smallest absolute Gasteiger partial charge is 0.326 e. The number of esters is 1. The van der Waals surface area contributed by atoms with Crippen molar-refractivity contribution in [2.45, 2.75) is 37.6 Å². The van der Waals surface area contributed by atoms with Crippen LogP contribution in [0.1, 0.15) is 32.1 Å². The summed E-state index contributed by atoms with van der Waals surface area (Å²) in [5.74, 6) is -0.126. The van der Waals surface area contributed by atoms with Crippen LogP contribution in [0.2, 0.25) is 0 Å². The third kappa shape index (κ3) is 2.35. The van der Waals surface area contributed by atoms with Gasteiger partial charge >= 0.3 is 5.97 Å². The quantitative estimate of drug-likeness (QED) is 0.550. The van der Waals surface area contributed by atoms with Gasteiger partial charge in [-0.05, 0) is 12.8 Å². The first kappa shape index (κ1) is 11.2. The second kappa shape index (κ2) is 5.15. The molecule has 1 N–H and O–H groups in total. The highest BCUT2D eigenvalue weighted by Crippen LogP contribution is 2.29. The van der Waals surface area contributed by atoms with E-state index in [0.29, 0.717) is 6.54 Å². The summed E-state index contributed by atoms with van der Waals surface area (Å²) in [7, 11) is 1.45. The summed E-state index contributed by atoms with van der Waals surface area (Å²) in [6.07, 6.45) is 6.95. The maximum Gasteiger partial charge on any atom is 0.326 e. The summed E-state index contributed by atoms with van der Waals surface area (Å²) >= 11 is 0. The second-order valence-corrected chi connectivity index (χ2v) is 3.80. The molecule has 80 valence electrons. The minimum atomic E-state index is -0.443. The van der Waals surface area contributed by atoms with E-state index in [-0.39, 0.29) is 5.97 Å². The Hall–Kier alpha value is -0.830.